The predicted molar refractivity (Wildman–Crippen MR) is 134 cm³/mol. The number of carbonyl (C=O) groups excluding carboxylic acids is 2. The van der Waals surface area contributed by atoms with Crippen molar-refractivity contribution in [1.82, 2.24) is 10.2 Å². The van der Waals surface area contributed by atoms with E-state index < -0.39 is 11.6 Å². The lowest BCUT2D eigenvalue weighted by Gasteiger charge is -2.32. The molecule has 1 unspecified atom stereocenters. The maximum Gasteiger partial charge on any atom is 0.242 e. The van der Waals surface area contributed by atoms with Gasteiger partial charge in [0.2, 0.25) is 11.8 Å². The molecule has 4 nitrogen and oxygen atoms in total. The van der Waals surface area contributed by atoms with Gasteiger partial charge in [0.1, 0.15) is 11.9 Å². The van der Waals surface area contributed by atoms with E-state index in [4.69, 9.17) is 0 Å². The third-order valence-electron chi connectivity index (χ3n) is 5.71. The second kappa shape index (κ2) is 11.1. The summed E-state index contributed by atoms with van der Waals surface area (Å²) in [5.41, 5.74) is 2.42. The topological polar surface area (TPSA) is 49.4 Å². The first-order chi connectivity index (χ1) is 16.1. The smallest absolute Gasteiger partial charge is 0.242 e. The largest absolute Gasteiger partial charge is 0.350 e. The standard InChI is InChI=1S/C29H33FN2O2/c1-21(28(34)31-29(2,3)4)32(20-22-15-17-25(30)18-16-22)27(33)19-26(23-11-7-5-8-12-23)24-13-9-6-10-14-24/h5-18,21,26H,19-20H2,1-4H3,(H,31,34). The lowest BCUT2D eigenvalue weighted by molar-refractivity contribution is -0.141. The molecule has 0 saturated heterocycles. The molecule has 3 aromatic rings. The Bertz CT molecular complexity index is 1040. The Morgan fingerprint density at radius 2 is 1.35 bits per heavy atom. The number of rotatable bonds is 8. The number of hydrogen-bond donors (Lipinski definition) is 1. The number of halogens is 1. The van der Waals surface area contributed by atoms with Crippen LogP contribution in [0.3, 0.4) is 0 Å². The Morgan fingerprint density at radius 1 is 0.853 bits per heavy atom. The van der Waals surface area contributed by atoms with Crippen molar-refractivity contribution in [2.75, 3.05) is 0 Å². The molecule has 3 aromatic carbocycles. The van der Waals surface area contributed by atoms with Gasteiger partial charge in [0.05, 0.1) is 0 Å². The number of amides is 2. The molecule has 5 heteroatoms. The molecule has 34 heavy (non-hydrogen) atoms. The number of benzene rings is 3. The van der Waals surface area contributed by atoms with Gasteiger partial charge in [-0.1, -0.05) is 72.8 Å². The van der Waals surface area contributed by atoms with Gasteiger partial charge in [-0.3, -0.25) is 9.59 Å². The van der Waals surface area contributed by atoms with E-state index in [-0.39, 0.29) is 36.5 Å². The maximum absolute atomic E-state index is 13.8. The highest BCUT2D eigenvalue weighted by molar-refractivity contribution is 5.88. The number of nitrogens with zero attached hydrogens (tertiary/aromatic N) is 1. The average molecular weight is 461 g/mol. The molecule has 0 aromatic heterocycles. The molecule has 1 N–H and O–H groups in total. The van der Waals surface area contributed by atoms with E-state index >= 15 is 0 Å². The summed E-state index contributed by atoms with van der Waals surface area (Å²) >= 11 is 0. The summed E-state index contributed by atoms with van der Waals surface area (Å²) in [5, 5.41) is 2.97. The molecule has 0 saturated carbocycles. The Labute approximate surface area is 201 Å². The van der Waals surface area contributed by atoms with E-state index in [1.807, 2.05) is 81.4 Å². The minimum atomic E-state index is -0.691. The van der Waals surface area contributed by atoms with E-state index in [2.05, 4.69) is 5.32 Å². The molecule has 2 amide bonds. The molecule has 0 spiro atoms. The second-order valence-corrected chi connectivity index (χ2v) is 9.64. The number of carbonyl (C=O) groups is 2. The molecule has 0 aliphatic carbocycles. The Morgan fingerprint density at radius 3 is 1.82 bits per heavy atom. The number of hydrogen-bond acceptors (Lipinski definition) is 2. The molecule has 1 atom stereocenters. The molecule has 0 heterocycles. The Kier molecular flexibility index (Phi) is 8.21. The minimum absolute atomic E-state index is 0.140. The van der Waals surface area contributed by atoms with Crippen LogP contribution in [0.2, 0.25) is 0 Å². The molecule has 3 rings (SSSR count). The van der Waals surface area contributed by atoms with E-state index in [0.29, 0.717) is 0 Å². The molecule has 0 bridgehead atoms. The van der Waals surface area contributed by atoms with Crippen LogP contribution in [-0.4, -0.2) is 28.3 Å². The van der Waals surface area contributed by atoms with Crippen LogP contribution in [-0.2, 0) is 16.1 Å². The van der Waals surface area contributed by atoms with Crippen molar-refractivity contribution < 1.29 is 14.0 Å². The summed E-state index contributed by atoms with van der Waals surface area (Å²) in [6.07, 6.45) is 0.211. The predicted octanol–water partition coefficient (Wildman–Crippen LogP) is 5.68. The van der Waals surface area contributed by atoms with E-state index in [9.17, 15) is 14.0 Å². The fourth-order valence-corrected chi connectivity index (χ4v) is 3.93. The zero-order valence-corrected chi connectivity index (χ0v) is 20.3. The highest BCUT2D eigenvalue weighted by atomic mass is 19.1. The van der Waals surface area contributed by atoms with Crippen LogP contribution < -0.4 is 5.32 Å². The Balaban J connectivity index is 1.92. The summed E-state index contributed by atoms with van der Waals surface area (Å²) < 4.78 is 13.5. The van der Waals surface area contributed by atoms with Gasteiger partial charge in [-0.05, 0) is 56.5 Å². The van der Waals surface area contributed by atoms with Gasteiger partial charge in [0.25, 0.3) is 0 Å². The van der Waals surface area contributed by atoms with Gasteiger partial charge in [-0.2, -0.15) is 0 Å². The summed E-state index contributed by atoms with van der Waals surface area (Å²) in [7, 11) is 0. The van der Waals surface area contributed by atoms with Gasteiger partial charge in [0.15, 0.2) is 0 Å². The fraction of sp³-hybridized carbons (Fsp3) is 0.310. The molecule has 0 aliphatic heterocycles. The van der Waals surface area contributed by atoms with Crippen LogP contribution >= 0.6 is 0 Å². The number of nitrogens with one attached hydrogen (secondary N) is 1. The summed E-state index contributed by atoms with van der Waals surface area (Å²) in [4.78, 5) is 28.4. The fourth-order valence-electron chi connectivity index (χ4n) is 3.93. The van der Waals surface area contributed by atoms with Crippen LogP contribution in [0.5, 0.6) is 0 Å². The summed E-state index contributed by atoms with van der Waals surface area (Å²) in [6, 6.07) is 25.2. The van der Waals surface area contributed by atoms with Gasteiger partial charge < -0.3 is 10.2 Å². The molecular weight excluding hydrogens is 427 g/mol. The van der Waals surface area contributed by atoms with Gasteiger partial charge in [0, 0.05) is 24.4 Å². The highest BCUT2D eigenvalue weighted by Gasteiger charge is 2.30. The van der Waals surface area contributed by atoms with Crippen LogP contribution in [0.25, 0.3) is 0 Å². The molecule has 178 valence electrons. The molecule has 0 aliphatic rings. The van der Waals surface area contributed by atoms with Gasteiger partial charge >= 0.3 is 0 Å². The zero-order valence-electron chi connectivity index (χ0n) is 20.3. The monoisotopic (exact) mass is 460 g/mol. The summed E-state index contributed by atoms with van der Waals surface area (Å²) in [5.74, 6) is -0.852. The SMILES string of the molecule is CC(C(=O)NC(C)(C)C)N(Cc1ccc(F)cc1)C(=O)CC(c1ccccc1)c1ccccc1. The van der Waals surface area contributed by atoms with Crippen molar-refractivity contribution in [3.8, 4) is 0 Å². The van der Waals surface area contributed by atoms with Crippen molar-refractivity contribution in [3.05, 3.63) is 107 Å². The average Bonchev–Trinajstić information content (AvgIpc) is 2.81. The minimum Gasteiger partial charge on any atom is -0.350 e. The van der Waals surface area contributed by atoms with E-state index in [1.54, 1.807) is 24.0 Å². The Hall–Kier alpha value is -3.47. The lowest BCUT2D eigenvalue weighted by atomic mass is 9.88. The first-order valence-electron chi connectivity index (χ1n) is 11.6. The zero-order chi connectivity index (χ0) is 24.7. The highest BCUT2D eigenvalue weighted by Crippen LogP contribution is 2.29. The van der Waals surface area contributed by atoms with E-state index in [0.717, 1.165) is 16.7 Å². The third kappa shape index (κ3) is 7.01. The van der Waals surface area contributed by atoms with Crippen LogP contribution in [0.15, 0.2) is 84.9 Å². The normalized spacial score (nSPS) is 12.3. The van der Waals surface area contributed by atoms with Crippen LogP contribution in [0.4, 0.5) is 4.39 Å². The maximum atomic E-state index is 13.8. The molecule has 0 radical (unpaired) electrons. The lowest BCUT2D eigenvalue weighted by Crippen LogP contribution is -2.52. The van der Waals surface area contributed by atoms with Crippen molar-refractivity contribution >= 4 is 11.8 Å². The van der Waals surface area contributed by atoms with Crippen LogP contribution in [0, 0.1) is 5.82 Å². The van der Waals surface area contributed by atoms with E-state index in [1.165, 1.54) is 12.1 Å². The van der Waals surface area contributed by atoms with Crippen molar-refractivity contribution in [2.45, 2.75) is 58.2 Å². The summed E-state index contributed by atoms with van der Waals surface area (Å²) in [6.45, 7) is 7.68. The van der Waals surface area contributed by atoms with Crippen molar-refractivity contribution in [2.24, 2.45) is 0 Å². The first-order valence-corrected chi connectivity index (χ1v) is 11.6. The van der Waals surface area contributed by atoms with Crippen molar-refractivity contribution in [1.29, 1.82) is 0 Å². The van der Waals surface area contributed by atoms with Gasteiger partial charge in [-0.15, -0.1) is 0 Å². The quantitative estimate of drug-likeness (QED) is 0.470. The first kappa shape index (κ1) is 25.2. The van der Waals surface area contributed by atoms with Crippen molar-refractivity contribution in [3.63, 3.8) is 0 Å². The molecular formula is C29H33FN2O2. The van der Waals surface area contributed by atoms with Gasteiger partial charge in [-0.25, -0.2) is 4.39 Å². The third-order valence-corrected chi connectivity index (χ3v) is 5.71. The second-order valence-electron chi connectivity index (χ2n) is 9.64. The van der Waals surface area contributed by atoms with Crippen LogP contribution in [0.1, 0.15) is 56.7 Å². The molecule has 0 fully saturated rings.